The minimum Gasteiger partial charge on any atom is -0.487 e. The molecule has 6 heteroatoms. The van der Waals surface area contributed by atoms with E-state index in [4.69, 9.17) is 15.2 Å². The van der Waals surface area contributed by atoms with E-state index in [-0.39, 0.29) is 17.5 Å². The number of anilines is 1. The molecule has 0 aliphatic carbocycles. The van der Waals surface area contributed by atoms with Crippen LogP contribution in [0.1, 0.15) is 19.3 Å². The number of hydrogen-bond acceptors (Lipinski definition) is 4. The van der Waals surface area contributed by atoms with Crippen molar-refractivity contribution >= 4 is 33.4 Å². The second kappa shape index (κ2) is 5.73. The number of hydrogen-bond donors (Lipinski definition) is 1. The molecule has 2 unspecified atom stereocenters. The van der Waals surface area contributed by atoms with Crippen molar-refractivity contribution in [3.8, 4) is 5.75 Å². The van der Waals surface area contributed by atoms with Crippen molar-refractivity contribution in [2.75, 3.05) is 23.8 Å². The topological polar surface area (TPSA) is 44.5 Å². The first-order chi connectivity index (χ1) is 9.58. The lowest BCUT2D eigenvalue weighted by Crippen LogP contribution is -2.43. The fourth-order valence-corrected chi connectivity index (χ4v) is 4.74. The first kappa shape index (κ1) is 14.5. The van der Waals surface area contributed by atoms with Crippen molar-refractivity contribution in [1.82, 2.24) is 0 Å². The zero-order valence-electron chi connectivity index (χ0n) is 11.0. The Morgan fingerprint density at radius 3 is 3.05 bits per heavy atom. The number of benzene rings is 1. The second-order valence-electron chi connectivity index (χ2n) is 5.37. The molecule has 0 aromatic heterocycles. The summed E-state index contributed by atoms with van der Waals surface area (Å²) in [6.45, 7) is 0.712. The highest BCUT2D eigenvalue weighted by Gasteiger charge is 2.41. The molecule has 20 heavy (non-hydrogen) atoms. The zero-order valence-corrected chi connectivity index (χ0v) is 13.4. The van der Waals surface area contributed by atoms with Gasteiger partial charge in [0, 0.05) is 24.7 Å². The molecule has 2 saturated heterocycles. The molecule has 2 heterocycles. The molecule has 2 atom stereocenters. The van der Waals surface area contributed by atoms with Crippen molar-refractivity contribution in [3.05, 3.63) is 22.4 Å². The Hall–Kier alpha value is -0.460. The summed E-state index contributed by atoms with van der Waals surface area (Å²) in [6, 6.07) is 2.67. The molecule has 0 saturated carbocycles. The molecule has 0 bridgehead atoms. The highest BCUT2D eigenvalue weighted by molar-refractivity contribution is 9.10. The van der Waals surface area contributed by atoms with E-state index in [9.17, 15) is 4.39 Å². The van der Waals surface area contributed by atoms with Gasteiger partial charge in [-0.2, -0.15) is 11.8 Å². The Kier molecular flexibility index (Phi) is 4.15. The summed E-state index contributed by atoms with van der Waals surface area (Å²) in [5.74, 6) is 2.36. The quantitative estimate of drug-likeness (QED) is 0.817. The molecule has 1 aromatic carbocycles. The second-order valence-corrected chi connectivity index (χ2v) is 7.33. The third kappa shape index (κ3) is 2.92. The van der Waals surface area contributed by atoms with Crippen LogP contribution in [0.4, 0.5) is 10.1 Å². The van der Waals surface area contributed by atoms with E-state index in [0.717, 1.165) is 30.8 Å². The van der Waals surface area contributed by atoms with E-state index in [1.807, 2.05) is 11.8 Å². The smallest absolute Gasteiger partial charge is 0.156 e. The maximum absolute atomic E-state index is 13.2. The Bertz CT molecular complexity index is 485. The van der Waals surface area contributed by atoms with Crippen molar-refractivity contribution in [1.29, 1.82) is 0 Å². The maximum Gasteiger partial charge on any atom is 0.156 e. The fraction of sp³-hybridized carbons (Fsp3) is 0.571. The van der Waals surface area contributed by atoms with E-state index in [2.05, 4.69) is 15.9 Å². The summed E-state index contributed by atoms with van der Waals surface area (Å²) in [6.07, 6.45) is 2.88. The van der Waals surface area contributed by atoms with Gasteiger partial charge >= 0.3 is 0 Å². The Labute approximate surface area is 130 Å². The van der Waals surface area contributed by atoms with Crippen LogP contribution < -0.4 is 10.5 Å². The molecule has 0 radical (unpaired) electrons. The standard InChI is InChI=1S/C14H17BrFNO2S/c15-11-5-9(16)6-12(17)13(11)19-10-1-3-18-14(7-10)2-4-20-8-14/h5-6,10H,1-4,7-8,17H2. The summed E-state index contributed by atoms with van der Waals surface area (Å²) >= 11 is 5.25. The lowest BCUT2D eigenvalue weighted by molar-refractivity contribution is -0.0959. The molecule has 2 N–H and O–H groups in total. The van der Waals surface area contributed by atoms with Gasteiger partial charge in [-0.25, -0.2) is 4.39 Å². The van der Waals surface area contributed by atoms with Gasteiger partial charge in [-0.05, 0) is 34.2 Å². The monoisotopic (exact) mass is 361 g/mol. The maximum atomic E-state index is 13.2. The van der Waals surface area contributed by atoms with Crippen LogP contribution >= 0.6 is 27.7 Å². The number of ether oxygens (including phenoxy) is 2. The molecular formula is C14H17BrFNO2S. The average molecular weight is 362 g/mol. The van der Waals surface area contributed by atoms with Crippen LogP contribution in [-0.4, -0.2) is 29.8 Å². The van der Waals surface area contributed by atoms with E-state index in [1.165, 1.54) is 12.1 Å². The number of thioether (sulfide) groups is 1. The summed E-state index contributed by atoms with van der Waals surface area (Å²) in [5, 5.41) is 0. The van der Waals surface area contributed by atoms with Crippen LogP contribution in [-0.2, 0) is 4.74 Å². The largest absolute Gasteiger partial charge is 0.487 e. The first-order valence-corrected chi connectivity index (χ1v) is 8.66. The minimum absolute atomic E-state index is 0.0329. The van der Waals surface area contributed by atoms with Gasteiger partial charge in [-0.15, -0.1) is 0 Å². The van der Waals surface area contributed by atoms with Gasteiger partial charge in [0.1, 0.15) is 11.9 Å². The van der Waals surface area contributed by atoms with E-state index in [0.29, 0.717) is 22.5 Å². The lowest BCUT2D eigenvalue weighted by Gasteiger charge is -2.37. The molecule has 2 aliphatic heterocycles. The Morgan fingerprint density at radius 1 is 1.50 bits per heavy atom. The van der Waals surface area contributed by atoms with Crippen LogP contribution in [0.25, 0.3) is 0 Å². The van der Waals surface area contributed by atoms with Crippen molar-refractivity contribution in [2.45, 2.75) is 31.0 Å². The molecule has 3 rings (SSSR count). The predicted molar refractivity (Wildman–Crippen MR) is 82.8 cm³/mol. The summed E-state index contributed by atoms with van der Waals surface area (Å²) in [5.41, 5.74) is 6.15. The van der Waals surface area contributed by atoms with Crippen LogP contribution in [0.15, 0.2) is 16.6 Å². The van der Waals surface area contributed by atoms with Gasteiger partial charge < -0.3 is 15.2 Å². The molecule has 110 valence electrons. The molecular weight excluding hydrogens is 345 g/mol. The van der Waals surface area contributed by atoms with Gasteiger partial charge in [0.2, 0.25) is 0 Å². The van der Waals surface area contributed by atoms with Crippen molar-refractivity contribution in [3.63, 3.8) is 0 Å². The van der Waals surface area contributed by atoms with E-state index >= 15 is 0 Å². The number of rotatable bonds is 2. The number of nitrogens with two attached hydrogens (primary N) is 1. The molecule has 1 spiro atoms. The number of nitrogen functional groups attached to an aromatic ring is 1. The average Bonchev–Trinajstić information content (AvgIpc) is 2.82. The van der Waals surface area contributed by atoms with Gasteiger partial charge in [0.25, 0.3) is 0 Å². The molecule has 3 nitrogen and oxygen atoms in total. The predicted octanol–water partition coefficient (Wildman–Crippen LogP) is 3.60. The highest BCUT2D eigenvalue weighted by Crippen LogP contribution is 2.41. The van der Waals surface area contributed by atoms with Crippen molar-refractivity contribution in [2.24, 2.45) is 0 Å². The third-order valence-electron chi connectivity index (χ3n) is 3.84. The van der Waals surface area contributed by atoms with E-state index in [1.54, 1.807) is 0 Å². The summed E-state index contributed by atoms with van der Waals surface area (Å²) in [4.78, 5) is 0. The highest BCUT2D eigenvalue weighted by atomic mass is 79.9. The van der Waals surface area contributed by atoms with Gasteiger partial charge in [-0.3, -0.25) is 0 Å². The molecule has 1 aromatic rings. The molecule has 2 fully saturated rings. The van der Waals surface area contributed by atoms with Crippen LogP contribution in [0, 0.1) is 5.82 Å². The number of halogens is 2. The summed E-state index contributed by atoms with van der Waals surface area (Å²) < 4.78 is 25.8. The van der Waals surface area contributed by atoms with Crippen LogP contribution in [0.5, 0.6) is 5.75 Å². The van der Waals surface area contributed by atoms with Crippen LogP contribution in [0.2, 0.25) is 0 Å². The van der Waals surface area contributed by atoms with Crippen molar-refractivity contribution < 1.29 is 13.9 Å². The summed E-state index contributed by atoms with van der Waals surface area (Å²) in [7, 11) is 0. The minimum atomic E-state index is -0.364. The van der Waals surface area contributed by atoms with Crippen LogP contribution in [0.3, 0.4) is 0 Å². The van der Waals surface area contributed by atoms with Gasteiger partial charge in [0.05, 0.1) is 22.4 Å². The fourth-order valence-electron chi connectivity index (χ4n) is 2.82. The Morgan fingerprint density at radius 2 is 2.35 bits per heavy atom. The van der Waals surface area contributed by atoms with Gasteiger partial charge in [-0.1, -0.05) is 0 Å². The normalized spacial score (nSPS) is 29.8. The lowest BCUT2D eigenvalue weighted by atomic mass is 9.91. The molecule has 0 amide bonds. The zero-order chi connectivity index (χ0) is 14.2. The van der Waals surface area contributed by atoms with Gasteiger partial charge in [0.15, 0.2) is 5.75 Å². The Balaban J connectivity index is 1.74. The van der Waals surface area contributed by atoms with E-state index < -0.39 is 0 Å². The SMILES string of the molecule is Nc1cc(F)cc(Br)c1OC1CCOC2(CCSC2)C1. The first-order valence-electron chi connectivity index (χ1n) is 6.71. The molecule has 2 aliphatic rings. The third-order valence-corrected chi connectivity index (χ3v) is 5.65.